The summed E-state index contributed by atoms with van der Waals surface area (Å²) in [5, 5.41) is 3.76. The average Bonchev–Trinajstić information content (AvgIpc) is 3.45. The average molecular weight is 484 g/mol. The number of nitrogens with one attached hydrogen (secondary N) is 1. The van der Waals surface area contributed by atoms with Gasteiger partial charge in [0.2, 0.25) is 0 Å². The number of aromatic nitrogens is 2. The van der Waals surface area contributed by atoms with Crippen LogP contribution in [0.4, 0.5) is 5.82 Å². The van der Waals surface area contributed by atoms with E-state index in [1.807, 2.05) is 42.6 Å². The summed E-state index contributed by atoms with van der Waals surface area (Å²) in [4.78, 5) is 16.9. The molecule has 1 fully saturated rings. The summed E-state index contributed by atoms with van der Waals surface area (Å²) < 4.78 is 8.56. The van der Waals surface area contributed by atoms with Crippen molar-refractivity contribution in [2.24, 2.45) is 11.3 Å². The summed E-state index contributed by atoms with van der Waals surface area (Å²) in [7, 11) is 0. The highest BCUT2D eigenvalue weighted by Crippen LogP contribution is 2.36. The van der Waals surface area contributed by atoms with Gasteiger partial charge in [0.15, 0.2) is 0 Å². The zero-order valence-corrected chi connectivity index (χ0v) is 20.4. The Labute approximate surface area is 192 Å². The van der Waals surface area contributed by atoms with Crippen LogP contribution in [-0.4, -0.2) is 20.9 Å². The lowest BCUT2D eigenvalue weighted by atomic mass is 9.82. The normalized spacial score (nSPS) is 14.6. The van der Waals surface area contributed by atoms with E-state index in [9.17, 15) is 4.79 Å². The highest BCUT2D eigenvalue weighted by Gasteiger charge is 2.32. The number of pyridine rings is 1. The molecule has 6 heteroatoms. The van der Waals surface area contributed by atoms with Gasteiger partial charge < -0.3 is 10.1 Å². The van der Waals surface area contributed by atoms with Crippen molar-refractivity contribution in [2.45, 2.75) is 59.4 Å². The zero-order chi connectivity index (χ0) is 22.4. The minimum atomic E-state index is -0.134. The molecule has 1 aliphatic rings. The van der Waals surface area contributed by atoms with Gasteiger partial charge in [-0.3, -0.25) is 9.20 Å². The van der Waals surface area contributed by atoms with Crippen molar-refractivity contribution in [3.63, 3.8) is 0 Å². The fraction of sp³-hybridized carbons (Fsp3) is 0.440. The second-order valence-electron chi connectivity index (χ2n) is 10.4. The molecule has 5 nitrogen and oxygen atoms in total. The van der Waals surface area contributed by atoms with E-state index in [2.05, 4.69) is 60.3 Å². The molecule has 0 spiro atoms. The highest BCUT2D eigenvalue weighted by atomic mass is 79.9. The first-order valence-electron chi connectivity index (χ1n) is 10.8. The fourth-order valence-corrected chi connectivity index (χ4v) is 4.57. The van der Waals surface area contributed by atoms with Crippen LogP contribution < -0.4 is 10.1 Å². The van der Waals surface area contributed by atoms with Crippen molar-refractivity contribution in [1.82, 2.24) is 9.38 Å². The van der Waals surface area contributed by atoms with Crippen molar-refractivity contribution >= 4 is 33.4 Å². The van der Waals surface area contributed by atoms with Gasteiger partial charge in [0.1, 0.15) is 22.9 Å². The van der Waals surface area contributed by atoms with Crippen LogP contribution in [0.3, 0.4) is 0 Å². The van der Waals surface area contributed by atoms with Gasteiger partial charge in [-0.05, 0) is 90.9 Å². The Morgan fingerprint density at radius 2 is 1.81 bits per heavy atom. The third-order valence-electron chi connectivity index (χ3n) is 5.27. The zero-order valence-electron chi connectivity index (χ0n) is 18.8. The molecule has 2 aromatic heterocycles. The van der Waals surface area contributed by atoms with E-state index in [0.29, 0.717) is 5.75 Å². The van der Waals surface area contributed by atoms with Crippen molar-refractivity contribution in [2.75, 3.05) is 5.32 Å². The number of hydrogen-bond donors (Lipinski definition) is 1. The summed E-state index contributed by atoms with van der Waals surface area (Å²) in [6.07, 6.45) is 4.91. The Bertz CT molecular complexity index is 1110. The highest BCUT2D eigenvalue weighted by molar-refractivity contribution is 9.10. The molecule has 0 amide bonds. The first-order valence-corrected chi connectivity index (χ1v) is 11.6. The SMILES string of the molecule is CC(C)(C)CC(C)(C)Nc1c(-c2ccc(OC(=O)C3CC3)cc2)nc2ccc(Br)cn12. The molecule has 0 saturated heterocycles. The molecule has 0 radical (unpaired) electrons. The predicted octanol–water partition coefficient (Wildman–Crippen LogP) is 6.71. The Morgan fingerprint density at radius 3 is 2.42 bits per heavy atom. The van der Waals surface area contributed by atoms with Gasteiger partial charge >= 0.3 is 5.97 Å². The number of esters is 1. The molecule has 1 saturated carbocycles. The van der Waals surface area contributed by atoms with E-state index in [1.54, 1.807) is 0 Å². The molecule has 1 aliphatic carbocycles. The van der Waals surface area contributed by atoms with E-state index < -0.39 is 0 Å². The number of carbonyl (C=O) groups excluding carboxylic acids is 1. The number of fused-ring (bicyclic) bond motifs is 1. The largest absolute Gasteiger partial charge is 0.426 e. The van der Waals surface area contributed by atoms with Crippen LogP contribution >= 0.6 is 15.9 Å². The Balaban J connectivity index is 1.70. The predicted molar refractivity (Wildman–Crippen MR) is 128 cm³/mol. The minimum Gasteiger partial charge on any atom is -0.426 e. The van der Waals surface area contributed by atoms with Gasteiger partial charge in [-0.15, -0.1) is 0 Å². The molecule has 1 N–H and O–H groups in total. The van der Waals surface area contributed by atoms with Crippen LogP contribution in [0, 0.1) is 11.3 Å². The first-order chi connectivity index (χ1) is 14.5. The lowest BCUT2D eigenvalue weighted by Crippen LogP contribution is -2.36. The number of anilines is 1. The number of rotatable bonds is 6. The Kier molecular flexibility index (Phi) is 5.63. The molecule has 1 aromatic carbocycles. The van der Waals surface area contributed by atoms with E-state index in [1.165, 1.54) is 0 Å². The number of carbonyl (C=O) groups is 1. The maximum absolute atomic E-state index is 12.0. The number of hydrogen-bond acceptors (Lipinski definition) is 4. The molecule has 3 aromatic rings. The van der Waals surface area contributed by atoms with Crippen LogP contribution in [0.15, 0.2) is 47.1 Å². The number of halogens is 1. The van der Waals surface area contributed by atoms with Crippen LogP contribution in [0.5, 0.6) is 5.75 Å². The van der Waals surface area contributed by atoms with Crippen LogP contribution in [0.1, 0.15) is 53.9 Å². The minimum absolute atomic E-state index is 0.0809. The maximum Gasteiger partial charge on any atom is 0.314 e. The third-order valence-corrected chi connectivity index (χ3v) is 5.74. The summed E-state index contributed by atoms with van der Waals surface area (Å²) in [5.74, 6) is 1.48. The molecule has 0 atom stereocenters. The van der Waals surface area contributed by atoms with E-state index in [0.717, 1.165) is 46.5 Å². The second-order valence-corrected chi connectivity index (χ2v) is 11.3. The fourth-order valence-electron chi connectivity index (χ4n) is 4.23. The van der Waals surface area contributed by atoms with E-state index >= 15 is 0 Å². The molecule has 2 heterocycles. The quantitative estimate of drug-likeness (QED) is 0.312. The summed E-state index contributed by atoms with van der Waals surface area (Å²) in [6.45, 7) is 11.2. The van der Waals surface area contributed by atoms with Crippen LogP contribution in [-0.2, 0) is 4.79 Å². The lowest BCUT2D eigenvalue weighted by molar-refractivity contribution is -0.135. The van der Waals surface area contributed by atoms with Crippen molar-refractivity contribution in [3.05, 3.63) is 47.1 Å². The van der Waals surface area contributed by atoms with E-state index in [-0.39, 0.29) is 22.8 Å². The van der Waals surface area contributed by atoms with Crippen molar-refractivity contribution < 1.29 is 9.53 Å². The molecular weight excluding hydrogens is 454 g/mol. The topological polar surface area (TPSA) is 55.6 Å². The second kappa shape index (κ2) is 7.97. The van der Waals surface area contributed by atoms with E-state index in [4.69, 9.17) is 9.72 Å². The number of benzene rings is 1. The maximum atomic E-state index is 12.0. The number of imidazole rings is 1. The molecule has 0 unspecified atom stereocenters. The monoisotopic (exact) mass is 483 g/mol. The van der Waals surface area contributed by atoms with Gasteiger partial charge in [0, 0.05) is 21.8 Å². The molecule has 0 aliphatic heterocycles. The Hall–Kier alpha value is -2.34. The summed E-state index contributed by atoms with van der Waals surface area (Å²) >= 11 is 3.58. The van der Waals surface area contributed by atoms with Gasteiger partial charge in [-0.1, -0.05) is 20.8 Å². The van der Waals surface area contributed by atoms with Crippen LogP contribution in [0.2, 0.25) is 0 Å². The third kappa shape index (κ3) is 5.29. The van der Waals surface area contributed by atoms with Gasteiger partial charge in [-0.2, -0.15) is 0 Å². The Morgan fingerprint density at radius 1 is 1.13 bits per heavy atom. The summed E-state index contributed by atoms with van der Waals surface area (Å²) in [6, 6.07) is 11.6. The van der Waals surface area contributed by atoms with Gasteiger partial charge in [0.25, 0.3) is 0 Å². The van der Waals surface area contributed by atoms with Crippen molar-refractivity contribution in [1.29, 1.82) is 0 Å². The number of nitrogens with zero attached hydrogens (tertiary/aromatic N) is 2. The smallest absolute Gasteiger partial charge is 0.314 e. The summed E-state index contributed by atoms with van der Waals surface area (Å²) in [5.41, 5.74) is 2.77. The molecule has 31 heavy (non-hydrogen) atoms. The first kappa shape index (κ1) is 21.9. The molecule has 0 bridgehead atoms. The number of ether oxygens (including phenoxy) is 1. The molecule has 164 valence electrons. The van der Waals surface area contributed by atoms with Gasteiger partial charge in [0.05, 0.1) is 5.92 Å². The molecule has 4 rings (SSSR count). The standard InChI is InChI=1S/C25H30BrN3O2/c1-24(2,3)15-25(4,5)28-22-21(27-20-13-10-18(26)14-29(20)22)16-8-11-19(12-9-16)31-23(30)17-6-7-17/h8-14,17,28H,6-7,15H2,1-5H3. The van der Waals surface area contributed by atoms with Crippen LogP contribution in [0.25, 0.3) is 16.9 Å². The van der Waals surface area contributed by atoms with Crippen molar-refractivity contribution in [3.8, 4) is 17.0 Å². The lowest BCUT2D eigenvalue weighted by Gasteiger charge is -2.34. The molecular formula is C25H30BrN3O2. The van der Waals surface area contributed by atoms with Gasteiger partial charge in [-0.25, -0.2) is 4.98 Å².